The Kier molecular flexibility index (Phi) is 8.12. The molecule has 0 spiro atoms. The van der Waals surface area contributed by atoms with Gasteiger partial charge in [-0.25, -0.2) is 4.79 Å². The number of benzene rings is 1. The molecule has 0 saturated heterocycles. The summed E-state index contributed by atoms with van der Waals surface area (Å²) < 4.78 is 5.20. The summed E-state index contributed by atoms with van der Waals surface area (Å²) in [5, 5.41) is 5.67. The summed E-state index contributed by atoms with van der Waals surface area (Å²) >= 11 is 0. The van der Waals surface area contributed by atoms with E-state index in [-0.39, 0.29) is 5.91 Å². The van der Waals surface area contributed by atoms with Crippen LogP contribution in [0.2, 0.25) is 0 Å². The van der Waals surface area contributed by atoms with Crippen LogP contribution in [-0.2, 0) is 16.0 Å². The minimum atomic E-state index is -0.533. The van der Waals surface area contributed by atoms with Crippen LogP contribution in [0.15, 0.2) is 24.3 Å². The number of rotatable bonds is 8. The lowest BCUT2D eigenvalue weighted by Gasteiger charge is -2.27. The lowest BCUT2D eigenvalue weighted by atomic mass is 10.0. The van der Waals surface area contributed by atoms with E-state index < -0.39 is 17.2 Å². The van der Waals surface area contributed by atoms with Gasteiger partial charge < -0.3 is 15.4 Å². The fourth-order valence-electron chi connectivity index (χ4n) is 2.46. The maximum atomic E-state index is 12.1. The van der Waals surface area contributed by atoms with Crippen LogP contribution in [-0.4, -0.2) is 29.7 Å². The molecule has 0 aliphatic rings. The van der Waals surface area contributed by atoms with E-state index in [0.717, 1.165) is 19.3 Å². The van der Waals surface area contributed by atoms with E-state index >= 15 is 0 Å². The highest BCUT2D eigenvalue weighted by Crippen LogP contribution is 2.10. The topological polar surface area (TPSA) is 67.4 Å². The lowest BCUT2D eigenvalue weighted by Crippen LogP contribution is -2.52. The Hall–Kier alpha value is -2.04. The smallest absolute Gasteiger partial charge is 0.407 e. The van der Waals surface area contributed by atoms with E-state index in [2.05, 4.69) is 41.8 Å². The molecule has 0 fully saturated rings. The van der Waals surface area contributed by atoms with Crippen molar-refractivity contribution in [1.82, 2.24) is 10.6 Å². The summed E-state index contributed by atoms with van der Waals surface area (Å²) in [4.78, 5) is 23.8. The number of ether oxygens (including phenoxy) is 1. The number of carbonyl (C=O) groups is 2. The van der Waals surface area contributed by atoms with Crippen LogP contribution in [0, 0.1) is 6.92 Å². The van der Waals surface area contributed by atoms with Crippen molar-refractivity contribution in [3.05, 3.63) is 35.4 Å². The van der Waals surface area contributed by atoms with Gasteiger partial charge in [0.2, 0.25) is 5.91 Å². The van der Waals surface area contributed by atoms with Crippen molar-refractivity contribution in [3.63, 3.8) is 0 Å². The summed E-state index contributed by atoms with van der Waals surface area (Å²) in [5.41, 5.74) is 1.51. The van der Waals surface area contributed by atoms with Gasteiger partial charge >= 0.3 is 6.09 Å². The fourth-order valence-corrected chi connectivity index (χ4v) is 2.46. The minimum absolute atomic E-state index is 0.00453. The van der Waals surface area contributed by atoms with Crippen LogP contribution in [0.4, 0.5) is 4.79 Å². The Morgan fingerprint density at radius 1 is 1.00 bits per heavy atom. The first-order valence-corrected chi connectivity index (χ1v) is 9.30. The molecule has 5 heteroatoms. The van der Waals surface area contributed by atoms with Crippen LogP contribution < -0.4 is 10.6 Å². The van der Waals surface area contributed by atoms with Crippen LogP contribution in [0.5, 0.6) is 0 Å². The average Bonchev–Trinajstić information content (AvgIpc) is 2.49. The molecule has 0 atom stereocenters. The molecular formula is C21H34N2O3. The third-order valence-electron chi connectivity index (χ3n) is 3.79. The molecule has 0 unspecified atom stereocenters. The molecule has 0 aliphatic carbocycles. The first-order chi connectivity index (χ1) is 12.0. The zero-order valence-corrected chi connectivity index (χ0v) is 17.1. The molecule has 2 amide bonds. The first kappa shape index (κ1) is 22.0. The number of amides is 2. The third kappa shape index (κ3) is 10.1. The van der Waals surface area contributed by atoms with Gasteiger partial charge in [-0.2, -0.15) is 0 Å². The van der Waals surface area contributed by atoms with E-state index in [1.165, 1.54) is 11.1 Å². The highest BCUT2D eigenvalue weighted by molar-refractivity contribution is 5.76. The molecule has 0 radical (unpaired) electrons. The van der Waals surface area contributed by atoms with Crippen molar-refractivity contribution in [3.8, 4) is 0 Å². The summed E-state index contributed by atoms with van der Waals surface area (Å²) in [7, 11) is 0. The van der Waals surface area contributed by atoms with Gasteiger partial charge in [-0.15, -0.1) is 0 Å². The zero-order chi connectivity index (χ0) is 19.8. The molecule has 0 bridgehead atoms. The van der Waals surface area contributed by atoms with Crippen molar-refractivity contribution in [2.75, 3.05) is 6.54 Å². The monoisotopic (exact) mass is 362 g/mol. The van der Waals surface area contributed by atoms with Crippen LogP contribution in [0.25, 0.3) is 0 Å². The zero-order valence-electron chi connectivity index (χ0n) is 17.1. The van der Waals surface area contributed by atoms with E-state index in [1.807, 2.05) is 34.6 Å². The first-order valence-electron chi connectivity index (χ1n) is 9.30. The molecule has 0 aliphatic heterocycles. The second-order valence-corrected chi connectivity index (χ2v) is 8.48. The van der Waals surface area contributed by atoms with E-state index in [0.29, 0.717) is 13.0 Å². The summed E-state index contributed by atoms with van der Waals surface area (Å²) in [6.07, 6.45) is 2.82. The largest absolute Gasteiger partial charge is 0.444 e. The molecular weight excluding hydrogens is 328 g/mol. The van der Waals surface area contributed by atoms with Crippen LogP contribution in [0.1, 0.15) is 65.0 Å². The normalized spacial score (nSPS) is 11.8. The van der Waals surface area contributed by atoms with Crippen molar-refractivity contribution in [2.24, 2.45) is 0 Å². The molecule has 1 aromatic carbocycles. The highest BCUT2D eigenvalue weighted by Gasteiger charge is 2.23. The van der Waals surface area contributed by atoms with Gasteiger partial charge in [-0.3, -0.25) is 4.79 Å². The van der Waals surface area contributed by atoms with Crippen molar-refractivity contribution in [1.29, 1.82) is 0 Å². The molecule has 5 nitrogen and oxygen atoms in total. The van der Waals surface area contributed by atoms with Gasteiger partial charge in [0, 0.05) is 13.0 Å². The van der Waals surface area contributed by atoms with Gasteiger partial charge in [-0.05, 0) is 66.4 Å². The highest BCUT2D eigenvalue weighted by atomic mass is 16.6. The maximum Gasteiger partial charge on any atom is 0.407 e. The maximum absolute atomic E-state index is 12.1. The predicted octanol–water partition coefficient (Wildman–Crippen LogP) is 4.13. The molecule has 1 aromatic rings. The summed E-state index contributed by atoms with van der Waals surface area (Å²) in [6.45, 7) is 11.6. The van der Waals surface area contributed by atoms with E-state index in [4.69, 9.17) is 4.74 Å². The van der Waals surface area contributed by atoms with Crippen molar-refractivity contribution in [2.45, 2.75) is 78.4 Å². The Bertz CT molecular complexity index is 586. The molecule has 146 valence electrons. The number of hydrogen-bond acceptors (Lipinski definition) is 3. The number of unbranched alkanes of at least 4 members (excludes halogenated alkanes) is 1. The standard InChI is InChI=1S/C21H34N2O3/c1-16-11-13-17(14-12-16)9-7-8-10-18(24)23-21(5,6)15-22-19(25)26-20(2,3)4/h11-14H,7-10,15H2,1-6H3,(H,22,25)(H,23,24). The Balaban J connectivity index is 2.25. The SMILES string of the molecule is Cc1ccc(CCCCC(=O)NC(C)(C)CNC(=O)OC(C)(C)C)cc1. The summed E-state index contributed by atoms with van der Waals surface area (Å²) in [5.74, 6) is 0.00453. The third-order valence-corrected chi connectivity index (χ3v) is 3.79. The second-order valence-electron chi connectivity index (χ2n) is 8.48. The van der Waals surface area contributed by atoms with Crippen LogP contribution >= 0.6 is 0 Å². The molecule has 0 heterocycles. The van der Waals surface area contributed by atoms with Crippen molar-refractivity contribution < 1.29 is 14.3 Å². The Labute approximate surface area is 157 Å². The minimum Gasteiger partial charge on any atom is -0.444 e. The van der Waals surface area contributed by atoms with Gasteiger partial charge in [0.15, 0.2) is 0 Å². The van der Waals surface area contributed by atoms with Gasteiger partial charge in [0.1, 0.15) is 5.60 Å². The lowest BCUT2D eigenvalue weighted by molar-refractivity contribution is -0.122. The van der Waals surface area contributed by atoms with Crippen molar-refractivity contribution >= 4 is 12.0 Å². The number of nitrogens with one attached hydrogen (secondary N) is 2. The molecule has 0 saturated carbocycles. The van der Waals surface area contributed by atoms with E-state index in [9.17, 15) is 9.59 Å². The number of alkyl carbamates (subject to hydrolysis) is 1. The second kappa shape index (κ2) is 9.60. The Morgan fingerprint density at radius 3 is 2.19 bits per heavy atom. The number of aryl methyl sites for hydroxylation is 2. The number of carbonyl (C=O) groups excluding carboxylic acids is 2. The quantitative estimate of drug-likeness (QED) is 0.683. The average molecular weight is 363 g/mol. The molecule has 0 aromatic heterocycles. The molecule has 2 N–H and O–H groups in total. The van der Waals surface area contributed by atoms with Crippen LogP contribution in [0.3, 0.4) is 0 Å². The van der Waals surface area contributed by atoms with Gasteiger partial charge in [0.05, 0.1) is 5.54 Å². The molecule has 26 heavy (non-hydrogen) atoms. The van der Waals surface area contributed by atoms with Gasteiger partial charge in [-0.1, -0.05) is 29.8 Å². The van der Waals surface area contributed by atoms with E-state index in [1.54, 1.807) is 0 Å². The number of hydrogen-bond donors (Lipinski definition) is 2. The molecule has 1 rings (SSSR count). The fraction of sp³-hybridized carbons (Fsp3) is 0.619. The predicted molar refractivity (Wildman–Crippen MR) is 105 cm³/mol. The Morgan fingerprint density at radius 2 is 1.62 bits per heavy atom. The van der Waals surface area contributed by atoms with Gasteiger partial charge in [0.25, 0.3) is 0 Å². The summed E-state index contributed by atoms with van der Waals surface area (Å²) in [6, 6.07) is 8.51.